The van der Waals surface area contributed by atoms with Crippen molar-refractivity contribution in [2.45, 2.75) is 71.9 Å². The van der Waals surface area contributed by atoms with Crippen molar-refractivity contribution >= 4 is 52.8 Å². The Kier molecular flexibility index (Phi) is 15.7. The summed E-state index contributed by atoms with van der Waals surface area (Å²) in [5.41, 5.74) is 1.67. The number of aliphatic imine (C=N–C) groups is 1. The summed E-state index contributed by atoms with van der Waals surface area (Å²) in [6, 6.07) is 11.8. The largest absolute Gasteiger partial charge is 0.497 e. The molecule has 2 aromatic rings. The number of thioether (sulfide) groups is 1. The average molecular weight is 683 g/mol. The first kappa shape index (κ1) is 39.4. The van der Waals surface area contributed by atoms with Crippen LogP contribution in [0.15, 0.2) is 53.5 Å². The van der Waals surface area contributed by atoms with Crippen molar-refractivity contribution in [3.05, 3.63) is 54.1 Å². The zero-order valence-corrected chi connectivity index (χ0v) is 29.0. The zero-order valence-electron chi connectivity index (χ0n) is 28.2. The molecule has 0 saturated carbocycles. The second-order valence-electron chi connectivity index (χ2n) is 12.8. The second-order valence-corrected chi connectivity index (χ2v) is 14.0. The summed E-state index contributed by atoms with van der Waals surface area (Å²) in [5, 5.41) is 39.8. The fourth-order valence-electron chi connectivity index (χ4n) is 4.58. The Hall–Kier alpha value is -4.77. The number of aliphatic carboxylic acids is 2. The molecule has 2 aromatic carbocycles. The number of ether oxygens (including phenoxy) is 1. The number of nitrogens with one attached hydrogen (secondary N) is 4. The van der Waals surface area contributed by atoms with Gasteiger partial charge in [0.1, 0.15) is 17.8 Å². The van der Waals surface area contributed by atoms with Crippen molar-refractivity contribution < 1.29 is 34.1 Å². The molecular formula is C34H46N6O7S. The molecule has 13 nitrogen and oxygen atoms in total. The molecule has 14 heteroatoms. The van der Waals surface area contributed by atoms with Crippen molar-refractivity contribution in [2.24, 2.45) is 16.3 Å². The van der Waals surface area contributed by atoms with Gasteiger partial charge in [-0.05, 0) is 71.9 Å². The van der Waals surface area contributed by atoms with E-state index in [2.05, 4.69) is 26.3 Å². The van der Waals surface area contributed by atoms with Crippen molar-refractivity contribution in [3.63, 3.8) is 0 Å². The fraction of sp³-hybridized carbons (Fsp3) is 0.471. The highest BCUT2D eigenvalue weighted by Crippen LogP contribution is 2.26. The standard InChI is InChI=1S/C34H46N6O7S/c1-21(2)17-26(22-7-9-23(10-8-22)37-33(36-20-35)38-24-11-13-25(47-6)14-12-24)30(42)40-27(31(43)44)15-16-48-19-28(32(45)46)39-29(41)18-34(3,4)5/h7-14,21,26-28H,15-19H2,1-6H3,(H,39,41)(H,40,42)(H,43,44)(H,45,46)(H2,36,37,38). The van der Waals surface area contributed by atoms with Crippen LogP contribution in [0, 0.1) is 22.8 Å². The van der Waals surface area contributed by atoms with Gasteiger partial charge in [-0.2, -0.15) is 17.0 Å². The van der Waals surface area contributed by atoms with Gasteiger partial charge < -0.3 is 36.2 Å². The van der Waals surface area contributed by atoms with Gasteiger partial charge in [0.25, 0.3) is 0 Å². The van der Waals surface area contributed by atoms with Gasteiger partial charge in [0, 0.05) is 23.5 Å². The molecule has 0 aliphatic heterocycles. The van der Waals surface area contributed by atoms with Crippen LogP contribution < -0.4 is 26.0 Å². The van der Waals surface area contributed by atoms with Crippen molar-refractivity contribution in [1.29, 1.82) is 5.26 Å². The molecule has 3 atom stereocenters. The van der Waals surface area contributed by atoms with Crippen molar-refractivity contribution in [1.82, 2.24) is 10.6 Å². The predicted octanol–water partition coefficient (Wildman–Crippen LogP) is 4.88. The van der Waals surface area contributed by atoms with Crippen molar-refractivity contribution in [2.75, 3.05) is 29.2 Å². The molecule has 0 spiro atoms. The van der Waals surface area contributed by atoms with Crippen LogP contribution in [0.5, 0.6) is 5.75 Å². The first-order valence-corrected chi connectivity index (χ1v) is 16.6. The average Bonchev–Trinajstić information content (AvgIpc) is 3.00. The third-order valence-electron chi connectivity index (χ3n) is 6.89. The van der Waals surface area contributed by atoms with Gasteiger partial charge in [0.15, 0.2) is 0 Å². The molecule has 2 amide bonds. The zero-order chi connectivity index (χ0) is 35.9. The Morgan fingerprint density at radius 2 is 1.48 bits per heavy atom. The lowest BCUT2D eigenvalue weighted by molar-refractivity contribution is -0.142. The number of hydrogen-bond donors (Lipinski definition) is 6. The number of carboxylic acid groups (broad SMARTS) is 2. The number of hydrogen-bond acceptors (Lipinski definition) is 8. The molecule has 0 aliphatic carbocycles. The van der Waals surface area contributed by atoms with E-state index in [4.69, 9.17) is 10.00 Å². The van der Waals surface area contributed by atoms with Crippen LogP contribution in [-0.4, -0.2) is 70.6 Å². The van der Waals surface area contributed by atoms with Gasteiger partial charge in [-0.15, -0.1) is 4.99 Å². The number of carboxylic acids is 2. The molecule has 3 unspecified atom stereocenters. The summed E-state index contributed by atoms with van der Waals surface area (Å²) < 4.78 is 5.17. The lowest BCUT2D eigenvalue weighted by Gasteiger charge is -2.23. The lowest BCUT2D eigenvalue weighted by Crippen LogP contribution is -2.44. The molecule has 0 saturated heterocycles. The number of guanidine groups is 1. The van der Waals surface area contributed by atoms with Crippen LogP contribution in [0.4, 0.5) is 11.4 Å². The third kappa shape index (κ3) is 14.3. The SMILES string of the molecule is COc1ccc(NC(=NC#N)Nc2ccc(C(CC(C)C)C(=O)NC(CCSCC(NC(=O)CC(C)(C)C)C(=O)O)C(=O)O)cc2)cc1. The van der Waals surface area contributed by atoms with Gasteiger partial charge in [-0.1, -0.05) is 46.8 Å². The summed E-state index contributed by atoms with van der Waals surface area (Å²) >= 11 is 1.19. The fourth-order valence-corrected chi connectivity index (χ4v) is 5.61. The molecular weight excluding hydrogens is 636 g/mol. The highest BCUT2D eigenvalue weighted by Gasteiger charge is 2.28. The first-order chi connectivity index (χ1) is 22.6. The van der Waals surface area contributed by atoms with Crippen LogP contribution in [-0.2, 0) is 19.2 Å². The molecule has 0 heterocycles. The normalized spacial score (nSPS) is 13.4. The summed E-state index contributed by atoms with van der Waals surface area (Å²) in [5.74, 6) is -2.51. The topological polar surface area (TPSA) is 202 Å². The smallest absolute Gasteiger partial charge is 0.327 e. The number of rotatable bonds is 17. The van der Waals surface area contributed by atoms with Gasteiger partial charge >= 0.3 is 11.9 Å². The van der Waals surface area contributed by atoms with E-state index >= 15 is 0 Å². The number of methoxy groups -OCH3 is 1. The van der Waals surface area contributed by atoms with Crippen LogP contribution in [0.3, 0.4) is 0 Å². The van der Waals surface area contributed by atoms with E-state index in [-0.39, 0.29) is 47.5 Å². The highest BCUT2D eigenvalue weighted by molar-refractivity contribution is 7.99. The molecule has 48 heavy (non-hydrogen) atoms. The summed E-state index contributed by atoms with van der Waals surface area (Å²) in [7, 11) is 1.57. The molecule has 2 rings (SSSR count). The Balaban J connectivity index is 2.05. The van der Waals surface area contributed by atoms with Gasteiger partial charge in [0.2, 0.25) is 24.0 Å². The minimum Gasteiger partial charge on any atom is -0.497 e. The van der Waals surface area contributed by atoms with Gasteiger partial charge in [-0.25, -0.2) is 9.59 Å². The molecule has 6 N–H and O–H groups in total. The predicted molar refractivity (Wildman–Crippen MR) is 187 cm³/mol. The lowest BCUT2D eigenvalue weighted by atomic mass is 9.89. The first-order valence-electron chi connectivity index (χ1n) is 15.5. The summed E-state index contributed by atoms with van der Waals surface area (Å²) in [6.45, 7) is 9.57. The van der Waals surface area contributed by atoms with E-state index in [1.165, 1.54) is 11.8 Å². The number of carbonyl (C=O) groups is 4. The number of carbonyl (C=O) groups excluding carboxylic acids is 2. The molecule has 0 radical (unpaired) electrons. The summed E-state index contributed by atoms with van der Waals surface area (Å²) in [6.07, 6.45) is 2.46. The molecule has 0 aromatic heterocycles. The maximum atomic E-state index is 13.5. The van der Waals surface area contributed by atoms with Gasteiger partial charge in [0.05, 0.1) is 13.0 Å². The maximum absolute atomic E-state index is 13.5. The molecule has 0 aliphatic rings. The van der Waals surface area contributed by atoms with Crippen LogP contribution in [0.1, 0.15) is 65.4 Å². The number of nitrogens with zero attached hydrogens (tertiary/aromatic N) is 2. The minimum atomic E-state index is -1.20. The minimum absolute atomic E-state index is 0.0538. The molecule has 260 valence electrons. The van der Waals surface area contributed by atoms with E-state index in [0.29, 0.717) is 29.1 Å². The molecule has 0 fully saturated rings. The van der Waals surface area contributed by atoms with Crippen LogP contribution in [0.2, 0.25) is 0 Å². The van der Waals surface area contributed by atoms with Crippen molar-refractivity contribution in [3.8, 4) is 11.9 Å². The maximum Gasteiger partial charge on any atom is 0.327 e. The van der Waals surface area contributed by atoms with Crippen LogP contribution >= 0.6 is 11.8 Å². The Labute approximate surface area is 285 Å². The van der Waals surface area contributed by atoms with E-state index in [1.807, 2.05) is 34.6 Å². The van der Waals surface area contributed by atoms with E-state index < -0.39 is 35.8 Å². The van der Waals surface area contributed by atoms with E-state index in [1.54, 1.807) is 61.8 Å². The molecule has 0 bridgehead atoms. The number of benzene rings is 2. The number of nitriles is 1. The Morgan fingerprint density at radius 1 is 0.917 bits per heavy atom. The van der Waals surface area contributed by atoms with Crippen LogP contribution in [0.25, 0.3) is 0 Å². The monoisotopic (exact) mass is 682 g/mol. The van der Waals surface area contributed by atoms with Gasteiger partial charge in [-0.3, -0.25) is 9.59 Å². The van der Waals surface area contributed by atoms with E-state index in [9.17, 15) is 29.4 Å². The third-order valence-corrected chi connectivity index (χ3v) is 7.98. The quantitative estimate of drug-likeness (QED) is 0.0574. The number of amides is 2. The second kappa shape index (κ2) is 19.1. The summed E-state index contributed by atoms with van der Waals surface area (Å²) in [4.78, 5) is 53.2. The number of anilines is 2. The van der Waals surface area contributed by atoms with E-state index in [0.717, 1.165) is 0 Å². The Bertz CT molecular complexity index is 1450. The Morgan fingerprint density at radius 3 is 1.96 bits per heavy atom. The highest BCUT2D eigenvalue weighted by atomic mass is 32.2.